The molecule has 0 aromatic heterocycles. The zero-order valence-corrected chi connectivity index (χ0v) is 13.2. The molecule has 21 heavy (non-hydrogen) atoms. The van der Waals surface area contributed by atoms with Gasteiger partial charge in [-0.2, -0.15) is 0 Å². The first kappa shape index (κ1) is 15.0. The summed E-state index contributed by atoms with van der Waals surface area (Å²) in [6.07, 6.45) is 5.27. The molecular weight excluding hydrogens is 258 g/mol. The summed E-state index contributed by atoms with van der Waals surface area (Å²) in [4.78, 5) is 5.35. The highest BCUT2D eigenvalue weighted by Gasteiger charge is 2.36. The van der Waals surface area contributed by atoms with Crippen LogP contribution in [0.5, 0.6) is 0 Å². The van der Waals surface area contributed by atoms with E-state index in [1.54, 1.807) is 0 Å². The number of rotatable bonds is 4. The van der Waals surface area contributed by atoms with Crippen LogP contribution in [0.25, 0.3) is 0 Å². The van der Waals surface area contributed by atoms with Gasteiger partial charge in [0.1, 0.15) is 0 Å². The molecule has 2 aliphatic heterocycles. The van der Waals surface area contributed by atoms with Crippen molar-refractivity contribution in [2.45, 2.75) is 57.3 Å². The van der Waals surface area contributed by atoms with Gasteiger partial charge in [0.05, 0.1) is 0 Å². The second-order valence-electron chi connectivity index (χ2n) is 6.78. The lowest BCUT2D eigenvalue weighted by Gasteiger charge is -2.44. The van der Waals surface area contributed by atoms with Crippen LogP contribution in [-0.4, -0.2) is 47.6 Å². The maximum Gasteiger partial charge on any atom is 0.0241 e. The van der Waals surface area contributed by atoms with Gasteiger partial charge in [-0.3, -0.25) is 9.80 Å². The summed E-state index contributed by atoms with van der Waals surface area (Å²) in [5.41, 5.74) is 7.46. The molecule has 3 rings (SSSR count). The van der Waals surface area contributed by atoms with Gasteiger partial charge in [0.25, 0.3) is 0 Å². The first-order valence-electron chi connectivity index (χ1n) is 8.51. The molecule has 0 amide bonds. The van der Waals surface area contributed by atoms with Crippen LogP contribution in [0.3, 0.4) is 0 Å². The molecule has 1 aromatic rings. The molecule has 2 aliphatic rings. The Balaban J connectivity index is 1.60. The molecule has 0 saturated carbocycles. The molecule has 3 nitrogen and oxygen atoms in total. The van der Waals surface area contributed by atoms with Crippen LogP contribution in [0.1, 0.15) is 38.2 Å². The molecule has 3 unspecified atom stereocenters. The zero-order chi connectivity index (χ0) is 14.7. The Kier molecular flexibility index (Phi) is 4.94. The normalized spacial score (nSPS) is 31.6. The smallest absolute Gasteiger partial charge is 0.0241 e. The van der Waals surface area contributed by atoms with E-state index in [1.807, 2.05) is 0 Å². The Morgan fingerprint density at radius 2 is 1.95 bits per heavy atom. The van der Waals surface area contributed by atoms with Gasteiger partial charge in [0.15, 0.2) is 0 Å². The van der Waals surface area contributed by atoms with E-state index in [0.29, 0.717) is 18.1 Å². The van der Waals surface area contributed by atoms with Crippen molar-refractivity contribution in [1.82, 2.24) is 9.80 Å². The van der Waals surface area contributed by atoms with Crippen molar-refractivity contribution < 1.29 is 0 Å². The fraction of sp³-hybridized carbons (Fsp3) is 0.667. The summed E-state index contributed by atoms with van der Waals surface area (Å²) < 4.78 is 0. The lowest BCUT2D eigenvalue weighted by molar-refractivity contribution is 0.0528. The molecule has 2 fully saturated rings. The van der Waals surface area contributed by atoms with Crippen LogP contribution in [0.2, 0.25) is 0 Å². The number of hydrogen-bond acceptors (Lipinski definition) is 3. The Morgan fingerprint density at radius 3 is 2.71 bits per heavy atom. The van der Waals surface area contributed by atoms with E-state index in [0.717, 1.165) is 13.1 Å². The number of likely N-dealkylation sites (tertiary alicyclic amines) is 2. The predicted octanol–water partition coefficient (Wildman–Crippen LogP) is 2.46. The van der Waals surface area contributed by atoms with Gasteiger partial charge in [0, 0.05) is 44.3 Å². The number of piperidine rings is 1. The maximum atomic E-state index is 6.03. The molecule has 0 aliphatic carbocycles. The van der Waals surface area contributed by atoms with Crippen LogP contribution in [0.15, 0.2) is 30.3 Å². The zero-order valence-electron chi connectivity index (χ0n) is 13.2. The number of benzene rings is 1. The molecular formula is C18H29N3. The second kappa shape index (κ2) is 6.91. The SMILES string of the molecule is CC1CCCC(CN)N1C1CCN(Cc2ccccc2)C1. The lowest BCUT2D eigenvalue weighted by Crippen LogP contribution is -2.54. The highest BCUT2D eigenvalue weighted by Crippen LogP contribution is 2.29. The summed E-state index contributed by atoms with van der Waals surface area (Å²) in [6, 6.07) is 12.9. The molecule has 0 spiro atoms. The first-order valence-corrected chi connectivity index (χ1v) is 8.51. The van der Waals surface area contributed by atoms with Gasteiger partial charge in [-0.25, -0.2) is 0 Å². The minimum absolute atomic E-state index is 0.607. The second-order valence-corrected chi connectivity index (χ2v) is 6.78. The standard InChI is InChI=1S/C18H29N3/c1-15-6-5-9-17(12-19)21(15)18-10-11-20(14-18)13-16-7-3-2-4-8-16/h2-4,7-8,15,17-18H,5-6,9-14,19H2,1H3. The Labute approximate surface area is 129 Å². The van der Waals surface area contributed by atoms with Gasteiger partial charge >= 0.3 is 0 Å². The molecule has 0 bridgehead atoms. The maximum absolute atomic E-state index is 6.03. The van der Waals surface area contributed by atoms with Gasteiger partial charge in [-0.05, 0) is 31.7 Å². The minimum atomic E-state index is 0.607. The summed E-state index contributed by atoms with van der Waals surface area (Å²) in [6.45, 7) is 6.73. The third kappa shape index (κ3) is 3.47. The van der Waals surface area contributed by atoms with Crippen molar-refractivity contribution in [2.75, 3.05) is 19.6 Å². The third-order valence-electron chi connectivity index (χ3n) is 5.28. The van der Waals surface area contributed by atoms with Crippen molar-refractivity contribution in [3.05, 3.63) is 35.9 Å². The van der Waals surface area contributed by atoms with Crippen molar-refractivity contribution in [3.8, 4) is 0 Å². The molecule has 1 aromatic carbocycles. The predicted molar refractivity (Wildman–Crippen MR) is 88.1 cm³/mol. The Hall–Kier alpha value is -0.900. The molecule has 116 valence electrons. The van der Waals surface area contributed by atoms with Crippen molar-refractivity contribution in [2.24, 2.45) is 5.73 Å². The average molecular weight is 287 g/mol. The van der Waals surface area contributed by atoms with E-state index in [2.05, 4.69) is 47.1 Å². The van der Waals surface area contributed by atoms with Gasteiger partial charge < -0.3 is 5.73 Å². The summed E-state index contributed by atoms with van der Waals surface area (Å²) in [7, 11) is 0. The van der Waals surface area contributed by atoms with E-state index in [9.17, 15) is 0 Å². The average Bonchev–Trinajstić information content (AvgIpc) is 2.96. The Bertz CT molecular complexity index is 433. The number of nitrogens with two attached hydrogens (primary N) is 1. The highest BCUT2D eigenvalue weighted by atomic mass is 15.3. The summed E-state index contributed by atoms with van der Waals surface area (Å²) in [5.74, 6) is 0. The molecule has 3 heteroatoms. The van der Waals surface area contributed by atoms with E-state index in [4.69, 9.17) is 5.73 Å². The lowest BCUT2D eigenvalue weighted by atomic mass is 9.94. The van der Waals surface area contributed by atoms with E-state index in [-0.39, 0.29) is 0 Å². The Morgan fingerprint density at radius 1 is 1.14 bits per heavy atom. The molecule has 2 heterocycles. The van der Waals surface area contributed by atoms with Gasteiger partial charge in [0.2, 0.25) is 0 Å². The largest absolute Gasteiger partial charge is 0.329 e. The number of nitrogens with zero attached hydrogens (tertiary/aromatic N) is 2. The monoisotopic (exact) mass is 287 g/mol. The number of hydrogen-bond donors (Lipinski definition) is 1. The fourth-order valence-electron chi connectivity index (χ4n) is 4.25. The van der Waals surface area contributed by atoms with Crippen molar-refractivity contribution in [1.29, 1.82) is 0 Å². The molecule has 3 atom stereocenters. The van der Waals surface area contributed by atoms with Gasteiger partial charge in [-0.15, -0.1) is 0 Å². The van der Waals surface area contributed by atoms with Crippen LogP contribution >= 0.6 is 0 Å². The first-order chi connectivity index (χ1) is 10.3. The summed E-state index contributed by atoms with van der Waals surface area (Å²) >= 11 is 0. The van der Waals surface area contributed by atoms with Crippen LogP contribution in [0, 0.1) is 0 Å². The quantitative estimate of drug-likeness (QED) is 0.923. The van der Waals surface area contributed by atoms with Crippen molar-refractivity contribution >= 4 is 0 Å². The van der Waals surface area contributed by atoms with Crippen molar-refractivity contribution in [3.63, 3.8) is 0 Å². The molecule has 2 N–H and O–H groups in total. The van der Waals surface area contributed by atoms with Crippen LogP contribution in [0.4, 0.5) is 0 Å². The molecule has 2 saturated heterocycles. The minimum Gasteiger partial charge on any atom is -0.329 e. The summed E-state index contributed by atoms with van der Waals surface area (Å²) in [5, 5.41) is 0. The van der Waals surface area contributed by atoms with E-state index >= 15 is 0 Å². The van der Waals surface area contributed by atoms with Crippen LogP contribution in [-0.2, 0) is 6.54 Å². The van der Waals surface area contributed by atoms with E-state index < -0.39 is 0 Å². The highest BCUT2D eigenvalue weighted by molar-refractivity contribution is 5.14. The third-order valence-corrected chi connectivity index (χ3v) is 5.28. The van der Waals surface area contributed by atoms with E-state index in [1.165, 1.54) is 44.3 Å². The fourth-order valence-corrected chi connectivity index (χ4v) is 4.25. The molecule has 0 radical (unpaired) electrons. The van der Waals surface area contributed by atoms with Gasteiger partial charge in [-0.1, -0.05) is 36.8 Å². The van der Waals surface area contributed by atoms with Crippen LogP contribution < -0.4 is 5.73 Å². The topological polar surface area (TPSA) is 32.5 Å².